The van der Waals surface area contributed by atoms with Crippen LogP contribution in [0.4, 0.5) is 5.69 Å². The third-order valence-electron chi connectivity index (χ3n) is 8.67. The molecule has 6 aromatic carbocycles. The fourth-order valence-corrected chi connectivity index (χ4v) is 7.73. The van der Waals surface area contributed by atoms with Gasteiger partial charge in [-0.2, -0.15) is 0 Å². The second kappa shape index (κ2) is 11.1. The van der Waals surface area contributed by atoms with Crippen molar-refractivity contribution in [1.82, 2.24) is 14.5 Å². The normalized spacial score (nSPS) is 14.0. The molecule has 1 aliphatic heterocycles. The van der Waals surface area contributed by atoms with Gasteiger partial charge in [-0.3, -0.25) is 4.57 Å². The number of aromatic nitrogens is 3. The predicted molar refractivity (Wildman–Crippen MR) is 191 cm³/mol. The SMILES string of the molecule is c1ccc(-c2ccc3c(c2)c2ccc4c(c2n3-c2nc(-c3ccccc3)cc(-c3ccccc3)n2)SC(c2ccccc2)N4)cc1. The molecule has 8 aromatic rings. The molecule has 0 fully saturated rings. The third-order valence-corrected chi connectivity index (χ3v) is 9.94. The van der Waals surface area contributed by atoms with Gasteiger partial charge in [-0.05, 0) is 41.0 Å². The van der Waals surface area contributed by atoms with Gasteiger partial charge in [0.15, 0.2) is 0 Å². The zero-order chi connectivity index (χ0) is 30.5. The summed E-state index contributed by atoms with van der Waals surface area (Å²) in [4.78, 5) is 11.8. The van der Waals surface area contributed by atoms with E-state index in [1.54, 1.807) is 0 Å². The molecule has 1 aliphatic rings. The van der Waals surface area contributed by atoms with Gasteiger partial charge in [-0.1, -0.05) is 145 Å². The number of anilines is 1. The molecule has 1 atom stereocenters. The van der Waals surface area contributed by atoms with Crippen molar-refractivity contribution in [2.45, 2.75) is 10.3 Å². The molecule has 0 radical (unpaired) electrons. The largest absolute Gasteiger partial charge is 0.368 e. The standard InChI is InChI=1S/C41H28N4S/c1-5-13-27(14-6-1)31-21-24-37-33(25-31)32-22-23-34-39(46-40(42-34)30-19-11-4-12-20-30)38(32)45(37)41-43-35(28-15-7-2-8-16-28)26-36(44-41)29-17-9-3-10-18-29/h1-26,40,42H. The summed E-state index contributed by atoms with van der Waals surface area (Å²) in [5.41, 5.74) is 10.9. The lowest BCUT2D eigenvalue weighted by atomic mass is 10.0. The molecule has 0 saturated carbocycles. The smallest absolute Gasteiger partial charge is 0.235 e. The molecule has 218 valence electrons. The van der Waals surface area contributed by atoms with Gasteiger partial charge in [0, 0.05) is 21.9 Å². The van der Waals surface area contributed by atoms with Crippen molar-refractivity contribution >= 4 is 39.3 Å². The summed E-state index contributed by atoms with van der Waals surface area (Å²) in [6.07, 6.45) is 0. The first kappa shape index (κ1) is 26.7. The van der Waals surface area contributed by atoms with Gasteiger partial charge in [0.25, 0.3) is 0 Å². The molecule has 4 nitrogen and oxygen atoms in total. The minimum atomic E-state index is 0.115. The number of benzene rings is 6. The monoisotopic (exact) mass is 608 g/mol. The molecule has 46 heavy (non-hydrogen) atoms. The van der Waals surface area contributed by atoms with Crippen LogP contribution in [0.15, 0.2) is 163 Å². The molecular formula is C41H28N4S. The van der Waals surface area contributed by atoms with Crippen LogP contribution in [0.5, 0.6) is 0 Å². The molecule has 9 rings (SSSR count). The van der Waals surface area contributed by atoms with E-state index in [2.05, 4.69) is 155 Å². The molecule has 5 heteroatoms. The maximum atomic E-state index is 5.28. The van der Waals surface area contributed by atoms with Gasteiger partial charge in [0.05, 0.1) is 33.0 Å². The quantitative estimate of drug-likeness (QED) is 0.211. The Bertz CT molecular complexity index is 2290. The zero-order valence-corrected chi connectivity index (χ0v) is 25.7. The van der Waals surface area contributed by atoms with Crippen LogP contribution in [0.25, 0.3) is 61.4 Å². The third kappa shape index (κ3) is 4.56. The Hall–Kier alpha value is -5.65. The van der Waals surface area contributed by atoms with E-state index in [4.69, 9.17) is 9.97 Å². The Labute approximate surface area is 271 Å². The van der Waals surface area contributed by atoms with Crippen molar-refractivity contribution in [3.63, 3.8) is 0 Å². The Balaban J connectivity index is 1.33. The lowest BCUT2D eigenvalue weighted by molar-refractivity contribution is 0.989. The molecule has 0 spiro atoms. The molecule has 0 bridgehead atoms. The van der Waals surface area contributed by atoms with E-state index >= 15 is 0 Å². The fraction of sp³-hybridized carbons (Fsp3) is 0.0244. The number of fused-ring (bicyclic) bond motifs is 5. The molecule has 1 unspecified atom stereocenters. The van der Waals surface area contributed by atoms with Crippen molar-refractivity contribution in [2.24, 2.45) is 0 Å². The van der Waals surface area contributed by atoms with Gasteiger partial charge in [-0.25, -0.2) is 9.97 Å². The first-order valence-electron chi connectivity index (χ1n) is 15.5. The van der Waals surface area contributed by atoms with E-state index in [9.17, 15) is 0 Å². The van der Waals surface area contributed by atoms with E-state index in [1.807, 2.05) is 23.9 Å². The van der Waals surface area contributed by atoms with Crippen molar-refractivity contribution in [2.75, 3.05) is 5.32 Å². The Morgan fingerprint density at radius 3 is 1.74 bits per heavy atom. The van der Waals surface area contributed by atoms with Crippen LogP contribution in [0.3, 0.4) is 0 Å². The minimum absolute atomic E-state index is 0.115. The number of nitrogens with zero attached hydrogens (tertiary/aromatic N) is 3. The highest BCUT2D eigenvalue weighted by atomic mass is 32.2. The number of hydrogen-bond donors (Lipinski definition) is 1. The van der Waals surface area contributed by atoms with E-state index in [0.717, 1.165) is 39.2 Å². The van der Waals surface area contributed by atoms with Crippen LogP contribution in [-0.2, 0) is 0 Å². The zero-order valence-electron chi connectivity index (χ0n) is 24.8. The maximum absolute atomic E-state index is 5.28. The Morgan fingerprint density at radius 2 is 1.11 bits per heavy atom. The molecule has 0 saturated heterocycles. The van der Waals surface area contributed by atoms with Crippen LogP contribution in [0.2, 0.25) is 0 Å². The second-order valence-electron chi connectivity index (χ2n) is 11.5. The molecule has 0 aliphatic carbocycles. The van der Waals surface area contributed by atoms with Crippen molar-refractivity contribution in [1.29, 1.82) is 0 Å². The molecular weight excluding hydrogens is 581 g/mol. The first-order chi connectivity index (χ1) is 22.8. The first-order valence-corrected chi connectivity index (χ1v) is 16.3. The van der Waals surface area contributed by atoms with Gasteiger partial charge in [-0.15, -0.1) is 0 Å². The number of thioether (sulfide) groups is 1. The van der Waals surface area contributed by atoms with Crippen LogP contribution in [0, 0.1) is 0 Å². The van der Waals surface area contributed by atoms with Gasteiger partial charge in [0.2, 0.25) is 5.95 Å². The number of hydrogen-bond acceptors (Lipinski definition) is 4. The number of rotatable bonds is 5. The molecule has 1 N–H and O–H groups in total. The average Bonchev–Trinajstić information content (AvgIpc) is 3.72. The summed E-state index contributed by atoms with van der Waals surface area (Å²) in [5, 5.41) is 6.27. The van der Waals surface area contributed by atoms with Crippen LogP contribution in [0.1, 0.15) is 10.9 Å². The minimum Gasteiger partial charge on any atom is -0.368 e. The summed E-state index contributed by atoms with van der Waals surface area (Å²) in [7, 11) is 0. The van der Waals surface area contributed by atoms with E-state index in [1.165, 1.54) is 32.4 Å². The second-order valence-corrected chi connectivity index (χ2v) is 12.6. The highest BCUT2D eigenvalue weighted by Gasteiger charge is 2.29. The summed E-state index contributed by atoms with van der Waals surface area (Å²) < 4.78 is 2.28. The Morgan fingerprint density at radius 1 is 0.522 bits per heavy atom. The fourth-order valence-electron chi connectivity index (χ4n) is 6.44. The Kier molecular flexibility index (Phi) is 6.42. The van der Waals surface area contributed by atoms with Crippen LogP contribution in [-0.4, -0.2) is 14.5 Å². The van der Waals surface area contributed by atoms with Crippen molar-refractivity contribution in [3.8, 4) is 39.6 Å². The summed E-state index contributed by atoms with van der Waals surface area (Å²) >= 11 is 1.86. The van der Waals surface area contributed by atoms with Crippen LogP contribution < -0.4 is 5.32 Å². The van der Waals surface area contributed by atoms with Crippen molar-refractivity contribution < 1.29 is 0 Å². The highest BCUT2D eigenvalue weighted by Crippen LogP contribution is 2.51. The number of nitrogens with one attached hydrogen (secondary N) is 1. The van der Waals surface area contributed by atoms with Crippen LogP contribution >= 0.6 is 11.8 Å². The van der Waals surface area contributed by atoms with Gasteiger partial charge in [0.1, 0.15) is 5.37 Å². The van der Waals surface area contributed by atoms with Gasteiger partial charge >= 0.3 is 0 Å². The summed E-state index contributed by atoms with van der Waals surface area (Å²) in [6.45, 7) is 0. The van der Waals surface area contributed by atoms with Crippen molar-refractivity contribution in [3.05, 3.63) is 163 Å². The summed E-state index contributed by atoms with van der Waals surface area (Å²) in [6, 6.07) is 55.3. The summed E-state index contributed by atoms with van der Waals surface area (Å²) in [5.74, 6) is 0.657. The average molecular weight is 609 g/mol. The maximum Gasteiger partial charge on any atom is 0.235 e. The lowest BCUT2D eigenvalue weighted by Gasteiger charge is -2.13. The van der Waals surface area contributed by atoms with E-state index < -0.39 is 0 Å². The van der Waals surface area contributed by atoms with E-state index in [-0.39, 0.29) is 5.37 Å². The highest BCUT2D eigenvalue weighted by molar-refractivity contribution is 8.00. The van der Waals surface area contributed by atoms with E-state index in [0.29, 0.717) is 5.95 Å². The molecule has 0 amide bonds. The lowest BCUT2D eigenvalue weighted by Crippen LogP contribution is -2.04. The predicted octanol–water partition coefficient (Wildman–Crippen LogP) is 10.8. The molecule has 2 aromatic heterocycles. The van der Waals surface area contributed by atoms with Gasteiger partial charge < -0.3 is 5.32 Å². The topological polar surface area (TPSA) is 42.7 Å². The molecule has 3 heterocycles.